The monoisotopic (exact) mass is 240 g/mol. The summed E-state index contributed by atoms with van der Waals surface area (Å²) in [5.41, 5.74) is 0.188. The first-order chi connectivity index (χ1) is 7.52. The molecule has 88 valence electrons. The zero-order chi connectivity index (χ0) is 11.8. The minimum atomic E-state index is -0.645. The number of likely N-dealkylation sites (tertiary alicyclic amines) is 1. The van der Waals surface area contributed by atoms with E-state index in [0.717, 1.165) is 10.7 Å². The number of amides is 1. The van der Waals surface area contributed by atoms with Gasteiger partial charge < -0.3 is 10.0 Å². The first kappa shape index (κ1) is 11.5. The van der Waals surface area contributed by atoms with E-state index in [1.54, 1.807) is 16.2 Å². The van der Waals surface area contributed by atoms with Crippen LogP contribution >= 0.6 is 11.3 Å². The smallest absolute Gasteiger partial charge is 0.228 e. The summed E-state index contributed by atoms with van der Waals surface area (Å²) in [6.45, 7) is 4.79. The van der Waals surface area contributed by atoms with Gasteiger partial charge in [-0.2, -0.15) is 0 Å². The van der Waals surface area contributed by atoms with E-state index in [2.05, 4.69) is 4.98 Å². The second-order valence-corrected chi connectivity index (χ2v) is 5.42. The van der Waals surface area contributed by atoms with Crippen molar-refractivity contribution in [2.75, 3.05) is 13.1 Å². The van der Waals surface area contributed by atoms with Crippen LogP contribution < -0.4 is 0 Å². The van der Waals surface area contributed by atoms with Gasteiger partial charge in [-0.15, -0.1) is 11.3 Å². The second kappa shape index (κ2) is 4.14. The molecule has 1 aliphatic heterocycles. The Bertz CT molecular complexity index is 396. The van der Waals surface area contributed by atoms with Crippen LogP contribution in [-0.4, -0.2) is 39.6 Å². The predicted molar refractivity (Wildman–Crippen MR) is 62.4 cm³/mol. The fraction of sp³-hybridized carbons (Fsp3) is 0.636. The Morgan fingerprint density at radius 3 is 2.88 bits per heavy atom. The summed E-state index contributed by atoms with van der Waals surface area (Å²) in [7, 11) is 0. The molecule has 4 nitrogen and oxygen atoms in total. The summed E-state index contributed by atoms with van der Waals surface area (Å²) < 4.78 is 0. The maximum atomic E-state index is 11.8. The highest BCUT2D eigenvalue weighted by molar-refractivity contribution is 7.09. The molecule has 0 spiro atoms. The van der Waals surface area contributed by atoms with Crippen LogP contribution in [-0.2, 0) is 11.2 Å². The molecule has 1 aliphatic rings. The number of hydrogen-bond acceptors (Lipinski definition) is 4. The van der Waals surface area contributed by atoms with E-state index >= 15 is 0 Å². The zero-order valence-corrected chi connectivity index (χ0v) is 10.4. The van der Waals surface area contributed by atoms with Gasteiger partial charge in [0.15, 0.2) is 0 Å². The summed E-state index contributed by atoms with van der Waals surface area (Å²) in [5, 5.41) is 12.7. The quantitative estimate of drug-likeness (QED) is 0.856. The summed E-state index contributed by atoms with van der Waals surface area (Å²) in [6.07, 6.45) is 1.05. The van der Waals surface area contributed by atoms with Crippen LogP contribution in [0.5, 0.6) is 0 Å². The number of carbonyl (C=O) groups is 1. The molecule has 0 bridgehead atoms. The van der Waals surface area contributed by atoms with Crippen molar-refractivity contribution in [2.45, 2.75) is 32.3 Å². The standard InChI is InChI=1S/C11H16N2O2S/c1-3-11(15)6-13(7-11)10(14)4-9-5-16-8(2)12-9/h5,15H,3-4,6-7H2,1-2H3. The number of hydrogen-bond donors (Lipinski definition) is 1. The van der Waals surface area contributed by atoms with Crippen LogP contribution in [0, 0.1) is 6.92 Å². The van der Waals surface area contributed by atoms with Crippen molar-refractivity contribution >= 4 is 17.2 Å². The Kier molecular flexibility index (Phi) is 2.99. The van der Waals surface area contributed by atoms with E-state index in [9.17, 15) is 9.90 Å². The Balaban J connectivity index is 1.87. The molecule has 0 radical (unpaired) electrons. The van der Waals surface area contributed by atoms with Gasteiger partial charge >= 0.3 is 0 Å². The molecule has 1 fully saturated rings. The SMILES string of the molecule is CCC1(O)CN(C(=O)Cc2csc(C)n2)C1. The van der Waals surface area contributed by atoms with Crippen molar-refractivity contribution in [1.29, 1.82) is 0 Å². The normalized spacial score (nSPS) is 18.3. The molecule has 2 heterocycles. The van der Waals surface area contributed by atoms with Gasteiger partial charge in [-0.3, -0.25) is 4.79 Å². The molecule has 0 atom stereocenters. The highest BCUT2D eigenvalue weighted by Crippen LogP contribution is 2.24. The predicted octanol–water partition coefficient (Wildman–Crippen LogP) is 0.977. The molecule has 1 N–H and O–H groups in total. The largest absolute Gasteiger partial charge is 0.386 e. The van der Waals surface area contributed by atoms with Crippen molar-refractivity contribution < 1.29 is 9.90 Å². The minimum absolute atomic E-state index is 0.0587. The third-order valence-electron chi connectivity index (χ3n) is 2.98. The minimum Gasteiger partial charge on any atom is -0.386 e. The van der Waals surface area contributed by atoms with Crippen LogP contribution in [0.3, 0.4) is 0 Å². The molecule has 1 aromatic heterocycles. The molecule has 2 rings (SSSR count). The van der Waals surface area contributed by atoms with Crippen LogP contribution in [0.4, 0.5) is 0 Å². The van der Waals surface area contributed by atoms with Gasteiger partial charge in [-0.25, -0.2) is 4.98 Å². The van der Waals surface area contributed by atoms with Gasteiger partial charge in [0.05, 0.1) is 35.8 Å². The van der Waals surface area contributed by atoms with Crippen molar-refractivity contribution in [2.24, 2.45) is 0 Å². The molecule has 0 aromatic carbocycles. The third-order valence-corrected chi connectivity index (χ3v) is 3.80. The van der Waals surface area contributed by atoms with Crippen molar-refractivity contribution in [3.8, 4) is 0 Å². The number of rotatable bonds is 3. The van der Waals surface area contributed by atoms with Gasteiger partial charge in [-0.1, -0.05) is 6.92 Å². The fourth-order valence-corrected chi connectivity index (χ4v) is 2.43. The number of nitrogens with zero attached hydrogens (tertiary/aromatic N) is 2. The average Bonchev–Trinajstić information content (AvgIpc) is 2.59. The Hall–Kier alpha value is -0.940. The van der Waals surface area contributed by atoms with Gasteiger partial charge in [-0.05, 0) is 13.3 Å². The van der Waals surface area contributed by atoms with E-state index < -0.39 is 5.60 Å². The van der Waals surface area contributed by atoms with E-state index in [1.165, 1.54) is 0 Å². The molecule has 1 amide bonds. The number of aromatic nitrogens is 1. The summed E-state index contributed by atoms with van der Waals surface area (Å²) in [4.78, 5) is 17.7. The van der Waals surface area contributed by atoms with Crippen LogP contribution in [0.2, 0.25) is 0 Å². The van der Waals surface area contributed by atoms with Gasteiger partial charge in [0.25, 0.3) is 0 Å². The summed E-state index contributed by atoms with van der Waals surface area (Å²) in [6, 6.07) is 0. The number of carbonyl (C=O) groups excluding carboxylic acids is 1. The number of thiazole rings is 1. The van der Waals surface area contributed by atoms with Crippen molar-refractivity contribution in [1.82, 2.24) is 9.88 Å². The maximum Gasteiger partial charge on any atom is 0.228 e. The van der Waals surface area contributed by atoms with E-state index in [-0.39, 0.29) is 5.91 Å². The van der Waals surface area contributed by atoms with Crippen LogP contribution in [0.15, 0.2) is 5.38 Å². The molecule has 0 unspecified atom stereocenters. The Morgan fingerprint density at radius 1 is 1.69 bits per heavy atom. The Labute approximate surface area is 98.9 Å². The lowest BCUT2D eigenvalue weighted by Crippen LogP contribution is -2.63. The lowest BCUT2D eigenvalue weighted by molar-refractivity contribution is -0.155. The molecule has 0 saturated carbocycles. The number of β-amino-alcohol motifs (C(OH)–C–C–N with tert-alkyl or cyclic N) is 1. The third kappa shape index (κ3) is 2.25. The Morgan fingerprint density at radius 2 is 2.38 bits per heavy atom. The lowest BCUT2D eigenvalue weighted by Gasteiger charge is -2.46. The fourth-order valence-electron chi connectivity index (χ4n) is 1.82. The highest BCUT2D eigenvalue weighted by atomic mass is 32.1. The molecule has 16 heavy (non-hydrogen) atoms. The molecular weight excluding hydrogens is 224 g/mol. The number of aryl methyl sites for hydroxylation is 1. The van der Waals surface area contributed by atoms with E-state index in [1.807, 2.05) is 19.2 Å². The molecular formula is C11H16N2O2S. The first-order valence-corrected chi connectivity index (χ1v) is 6.31. The number of aliphatic hydroxyl groups is 1. The van der Waals surface area contributed by atoms with E-state index in [4.69, 9.17) is 0 Å². The molecule has 0 aliphatic carbocycles. The summed E-state index contributed by atoms with van der Waals surface area (Å²) >= 11 is 1.56. The topological polar surface area (TPSA) is 53.4 Å². The van der Waals surface area contributed by atoms with Gasteiger partial charge in [0, 0.05) is 5.38 Å². The van der Waals surface area contributed by atoms with Crippen molar-refractivity contribution in [3.05, 3.63) is 16.1 Å². The first-order valence-electron chi connectivity index (χ1n) is 5.43. The molecule has 1 saturated heterocycles. The van der Waals surface area contributed by atoms with Crippen LogP contribution in [0.1, 0.15) is 24.0 Å². The average molecular weight is 240 g/mol. The highest BCUT2D eigenvalue weighted by Gasteiger charge is 2.41. The lowest BCUT2D eigenvalue weighted by atomic mass is 9.91. The molecule has 5 heteroatoms. The van der Waals surface area contributed by atoms with E-state index in [0.29, 0.717) is 25.9 Å². The zero-order valence-electron chi connectivity index (χ0n) is 9.56. The summed E-state index contributed by atoms with van der Waals surface area (Å²) in [5.74, 6) is 0.0587. The second-order valence-electron chi connectivity index (χ2n) is 4.36. The van der Waals surface area contributed by atoms with Gasteiger partial charge in [0.1, 0.15) is 0 Å². The van der Waals surface area contributed by atoms with Crippen LogP contribution in [0.25, 0.3) is 0 Å². The van der Waals surface area contributed by atoms with Crippen molar-refractivity contribution in [3.63, 3.8) is 0 Å². The molecule has 1 aromatic rings. The van der Waals surface area contributed by atoms with Gasteiger partial charge in [0.2, 0.25) is 5.91 Å². The maximum absolute atomic E-state index is 11.8.